The molecule has 0 aliphatic rings. The van der Waals surface area contributed by atoms with Crippen molar-refractivity contribution in [1.82, 2.24) is 4.90 Å². The fraction of sp³-hybridized carbons (Fsp3) is 1.00. The van der Waals surface area contributed by atoms with Gasteiger partial charge < -0.3 is 19.5 Å². The molecule has 0 saturated carbocycles. The Labute approximate surface area is 74.1 Å². The summed E-state index contributed by atoms with van der Waals surface area (Å²) in [5.74, 6) is 0. The van der Waals surface area contributed by atoms with E-state index in [2.05, 4.69) is 4.90 Å². The summed E-state index contributed by atoms with van der Waals surface area (Å²) in [5, 5.41) is 8.71. The smallest absolute Gasteiger partial charge is 0.151 e. The van der Waals surface area contributed by atoms with Crippen LogP contribution in [0.1, 0.15) is 6.92 Å². The molecular formula is C8H19NO3. The van der Waals surface area contributed by atoms with Gasteiger partial charge in [0.25, 0.3) is 0 Å². The summed E-state index contributed by atoms with van der Waals surface area (Å²) in [6.45, 7) is 4.19. The summed E-state index contributed by atoms with van der Waals surface area (Å²) < 4.78 is 10.1. The maximum absolute atomic E-state index is 8.71. The van der Waals surface area contributed by atoms with Crippen molar-refractivity contribution in [1.29, 1.82) is 0 Å². The molecule has 0 radical (unpaired) electrons. The molecule has 1 N–H and O–H groups in total. The molecule has 0 saturated heterocycles. The van der Waals surface area contributed by atoms with Crippen molar-refractivity contribution in [2.24, 2.45) is 0 Å². The molecule has 0 aliphatic carbocycles. The van der Waals surface area contributed by atoms with Gasteiger partial charge in [-0.1, -0.05) is 0 Å². The molecule has 0 fully saturated rings. The molecule has 1 atom stereocenters. The summed E-state index contributed by atoms with van der Waals surface area (Å²) in [7, 11) is 3.99. The molecular weight excluding hydrogens is 158 g/mol. The van der Waals surface area contributed by atoms with E-state index in [0.29, 0.717) is 19.8 Å². The van der Waals surface area contributed by atoms with E-state index < -0.39 is 6.29 Å². The SMILES string of the molecule is CC(O)OCCOCCN(C)C. The molecule has 74 valence electrons. The maximum Gasteiger partial charge on any atom is 0.151 e. The first-order chi connectivity index (χ1) is 5.63. The molecule has 0 rings (SSSR count). The van der Waals surface area contributed by atoms with Crippen LogP contribution in [0.2, 0.25) is 0 Å². The van der Waals surface area contributed by atoms with Gasteiger partial charge in [0, 0.05) is 6.54 Å². The van der Waals surface area contributed by atoms with Crippen LogP contribution in [-0.4, -0.2) is 56.8 Å². The Balaban J connectivity index is 2.91. The Bertz CT molecular complexity index is 84.3. The maximum atomic E-state index is 8.71. The number of aliphatic hydroxyl groups excluding tert-OH is 1. The number of nitrogens with zero attached hydrogens (tertiary/aromatic N) is 1. The Kier molecular flexibility index (Phi) is 7.39. The molecule has 0 amide bonds. The number of hydrogen-bond donors (Lipinski definition) is 1. The quantitative estimate of drug-likeness (QED) is 0.436. The van der Waals surface area contributed by atoms with Gasteiger partial charge in [0.15, 0.2) is 6.29 Å². The molecule has 4 nitrogen and oxygen atoms in total. The van der Waals surface area contributed by atoms with Crippen molar-refractivity contribution in [3.05, 3.63) is 0 Å². The highest BCUT2D eigenvalue weighted by molar-refractivity contribution is 4.39. The van der Waals surface area contributed by atoms with Crippen LogP contribution in [0.4, 0.5) is 0 Å². The van der Waals surface area contributed by atoms with Gasteiger partial charge >= 0.3 is 0 Å². The van der Waals surface area contributed by atoms with Crippen LogP contribution in [0.3, 0.4) is 0 Å². The van der Waals surface area contributed by atoms with Gasteiger partial charge in [-0.05, 0) is 21.0 Å². The topological polar surface area (TPSA) is 41.9 Å². The number of aliphatic hydroxyl groups is 1. The number of rotatable bonds is 7. The van der Waals surface area contributed by atoms with E-state index >= 15 is 0 Å². The van der Waals surface area contributed by atoms with Crippen LogP contribution < -0.4 is 0 Å². The first kappa shape index (κ1) is 11.8. The van der Waals surface area contributed by atoms with Crippen LogP contribution in [0, 0.1) is 0 Å². The van der Waals surface area contributed by atoms with Crippen LogP contribution in [0.5, 0.6) is 0 Å². The second-order valence-electron chi connectivity index (χ2n) is 2.89. The lowest BCUT2D eigenvalue weighted by atomic mass is 10.6. The molecule has 0 aliphatic heterocycles. The Morgan fingerprint density at radius 1 is 1.25 bits per heavy atom. The minimum Gasteiger partial charge on any atom is -0.378 e. The second-order valence-corrected chi connectivity index (χ2v) is 2.89. The van der Waals surface area contributed by atoms with Crippen molar-refractivity contribution >= 4 is 0 Å². The molecule has 0 heterocycles. The zero-order valence-electron chi connectivity index (χ0n) is 8.12. The Hall–Kier alpha value is -0.160. The molecule has 0 bridgehead atoms. The second kappa shape index (κ2) is 7.49. The first-order valence-corrected chi connectivity index (χ1v) is 4.15. The third-order valence-corrected chi connectivity index (χ3v) is 1.27. The van der Waals surface area contributed by atoms with Gasteiger partial charge in [0.2, 0.25) is 0 Å². The lowest BCUT2D eigenvalue weighted by Gasteiger charge is -2.10. The molecule has 12 heavy (non-hydrogen) atoms. The lowest BCUT2D eigenvalue weighted by Crippen LogP contribution is -2.20. The molecule has 0 spiro atoms. The normalized spacial score (nSPS) is 13.8. The Morgan fingerprint density at radius 3 is 2.42 bits per heavy atom. The predicted molar refractivity (Wildman–Crippen MR) is 47.0 cm³/mol. The summed E-state index contributed by atoms with van der Waals surface area (Å²) in [5.41, 5.74) is 0. The van der Waals surface area contributed by atoms with Crippen LogP contribution >= 0.6 is 0 Å². The average molecular weight is 177 g/mol. The van der Waals surface area contributed by atoms with Gasteiger partial charge in [0.1, 0.15) is 0 Å². The fourth-order valence-corrected chi connectivity index (χ4v) is 0.627. The Morgan fingerprint density at radius 2 is 1.92 bits per heavy atom. The summed E-state index contributed by atoms with van der Waals surface area (Å²) in [4.78, 5) is 2.05. The van der Waals surface area contributed by atoms with Crippen molar-refractivity contribution in [2.45, 2.75) is 13.2 Å². The summed E-state index contributed by atoms with van der Waals surface area (Å²) in [6.07, 6.45) is -0.692. The van der Waals surface area contributed by atoms with Gasteiger partial charge in [-0.2, -0.15) is 0 Å². The summed E-state index contributed by atoms with van der Waals surface area (Å²) >= 11 is 0. The minimum atomic E-state index is -0.692. The number of hydrogen-bond acceptors (Lipinski definition) is 4. The van der Waals surface area contributed by atoms with E-state index in [0.717, 1.165) is 6.54 Å². The highest BCUT2D eigenvalue weighted by Gasteiger charge is 1.94. The molecule has 0 aromatic rings. The van der Waals surface area contributed by atoms with Crippen LogP contribution in [0.25, 0.3) is 0 Å². The molecule has 0 aromatic carbocycles. The van der Waals surface area contributed by atoms with E-state index in [-0.39, 0.29) is 0 Å². The van der Waals surface area contributed by atoms with Crippen LogP contribution in [0.15, 0.2) is 0 Å². The van der Waals surface area contributed by atoms with Crippen molar-refractivity contribution in [3.8, 4) is 0 Å². The van der Waals surface area contributed by atoms with Gasteiger partial charge in [0.05, 0.1) is 19.8 Å². The predicted octanol–water partition coefficient (Wildman–Crippen LogP) is -0.0805. The van der Waals surface area contributed by atoms with Crippen molar-refractivity contribution in [3.63, 3.8) is 0 Å². The number of likely N-dealkylation sites (N-methyl/N-ethyl adjacent to an activating group) is 1. The average Bonchev–Trinajstić information content (AvgIpc) is 1.95. The third kappa shape index (κ3) is 9.84. The standard InChI is InChI=1S/C8H19NO3/c1-8(10)12-7-6-11-5-4-9(2)3/h8,10H,4-7H2,1-3H3. The van der Waals surface area contributed by atoms with E-state index in [1.165, 1.54) is 0 Å². The zero-order valence-corrected chi connectivity index (χ0v) is 8.12. The molecule has 1 unspecified atom stereocenters. The van der Waals surface area contributed by atoms with Crippen molar-refractivity contribution in [2.75, 3.05) is 40.5 Å². The summed E-state index contributed by atoms with van der Waals surface area (Å²) in [6, 6.07) is 0. The van der Waals surface area contributed by atoms with Gasteiger partial charge in [-0.3, -0.25) is 0 Å². The number of ether oxygens (including phenoxy) is 2. The highest BCUT2D eigenvalue weighted by atomic mass is 16.6. The first-order valence-electron chi connectivity index (χ1n) is 4.15. The van der Waals surface area contributed by atoms with E-state index in [1.54, 1.807) is 6.92 Å². The van der Waals surface area contributed by atoms with Crippen LogP contribution in [-0.2, 0) is 9.47 Å². The van der Waals surface area contributed by atoms with Gasteiger partial charge in [-0.15, -0.1) is 0 Å². The lowest BCUT2D eigenvalue weighted by molar-refractivity contribution is -0.0996. The van der Waals surface area contributed by atoms with Gasteiger partial charge in [-0.25, -0.2) is 0 Å². The minimum absolute atomic E-state index is 0.449. The van der Waals surface area contributed by atoms with E-state index in [4.69, 9.17) is 14.6 Å². The largest absolute Gasteiger partial charge is 0.378 e. The zero-order chi connectivity index (χ0) is 9.40. The molecule has 4 heteroatoms. The van der Waals surface area contributed by atoms with Crippen molar-refractivity contribution < 1.29 is 14.6 Å². The fourth-order valence-electron chi connectivity index (χ4n) is 0.627. The van der Waals surface area contributed by atoms with E-state index in [9.17, 15) is 0 Å². The highest BCUT2D eigenvalue weighted by Crippen LogP contribution is 1.84. The monoisotopic (exact) mass is 177 g/mol. The van der Waals surface area contributed by atoms with E-state index in [1.807, 2.05) is 14.1 Å². The molecule has 0 aromatic heterocycles. The third-order valence-electron chi connectivity index (χ3n) is 1.27.